The highest BCUT2D eigenvalue weighted by Gasteiger charge is 2.22. The molecule has 1 aliphatic rings. The lowest BCUT2D eigenvalue weighted by Gasteiger charge is -2.15. The van der Waals surface area contributed by atoms with Crippen LogP contribution in [0.25, 0.3) is 11.1 Å². The molecule has 0 spiro atoms. The van der Waals surface area contributed by atoms with E-state index in [4.69, 9.17) is 19.9 Å². The van der Waals surface area contributed by atoms with E-state index in [2.05, 4.69) is 5.10 Å². The second-order valence-electron chi connectivity index (χ2n) is 4.59. The fourth-order valence-electron chi connectivity index (χ4n) is 2.28. The number of ether oxygens (including phenoxy) is 3. The van der Waals surface area contributed by atoms with Gasteiger partial charge < -0.3 is 19.9 Å². The molecule has 2 N–H and O–H groups in total. The first-order valence-corrected chi connectivity index (χ1v) is 6.47. The molecule has 2 heterocycles. The Morgan fingerprint density at radius 3 is 2.75 bits per heavy atom. The number of nitrogens with zero attached hydrogens (tertiary/aromatic N) is 2. The number of methoxy groups -OCH3 is 1. The third-order valence-corrected chi connectivity index (χ3v) is 3.35. The Labute approximate surface area is 117 Å². The maximum Gasteiger partial charge on any atom is 0.204 e. The summed E-state index contributed by atoms with van der Waals surface area (Å²) in [6.07, 6.45) is 2.57. The highest BCUT2D eigenvalue weighted by molar-refractivity contribution is 5.82. The highest BCUT2D eigenvalue weighted by Crippen LogP contribution is 2.46. The van der Waals surface area contributed by atoms with Crippen molar-refractivity contribution in [1.82, 2.24) is 9.78 Å². The van der Waals surface area contributed by atoms with Gasteiger partial charge in [-0.25, -0.2) is 0 Å². The number of hydrogen-bond acceptors (Lipinski definition) is 5. The lowest BCUT2D eigenvalue weighted by atomic mass is 10.1. The van der Waals surface area contributed by atoms with Gasteiger partial charge in [0.1, 0.15) is 5.82 Å². The van der Waals surface area contributed by atoms with Gasteiger partial charge in [-0.3, -0.25) is 4.68 Å². The van der Waals surface area contributed by atoms with Crippen LogP contribution in [0.4, 0.5) is 5.82 Å². The van der Waals surface area contributed by atoms with Gasteiger partial charge >= 0.3 is 0 Å². The molecule has 0 amide bonds. The number of nitrogens with two attached hydrogens (primary N) is 1. The number of aryl methyl sites for hydroxylation is 1. The highest BCUT2D eigenvalue weighted by atomic mass is 16.5. The van der Waals surface area contributed by atoms with Gasteiger partial charge in [0, 0.05) is 24.6 Å². The van der Waals surface area contributed by atoms with Gasteiger partial charge in [0.2, 0.25) is 5.75 Å². The molecule has 6 nitrogen and oxygen atoms in total. The molecule has 1 aromatic carbocycles. The first-order valence-electron chi connectivity index (χ1n) is 6.47. The maximum absolute atomic E-state index is 6.04. The van der Waals surface area contributed by atoms with E-state index in [1.807, 2.05) is 12.1 Å². The Balaban J connectivity index is 2.17. The van der Waals surface area contributed by atoms with Crippen LogP contribution in [0.5, 0.6) is 17.2 Å². The lowest BCUT2D eigenvalue weighted by molar-refractivity contribution is 0.289. The van der Waals surface area contributed by atoms with E-state index in [0.717, 1.165) is 17.5 Å². The molecule has 0 radical (unpaired) electrons. The summed E-state index contributed by atoms with van der Waals surface area (Å²) >= 11 is 0. The van der Waals surface area contributed by atoms with Gasteiger partial charge in [0.25, 0.3) is 0 Å². The van der Waals surface area contributed by atoms with Crippen molar-refractivity contribution in [1.29, 1.82) is 0 Å². The van der Waals surface area contributed by atoms with E-state index in [0.29, 0.717) is 36.3 Å². The minimum atomic E-state index is 0.581. The maximum atomic E-state index is 6.04. The average Bonchev–Trinajstić information content (AvgIpc) is 2.69. The molecule has 0 aliphatic carbocycles. The molecule has 0 saturated carbocycles. The van der Waals surface area contributed by atoms with E-state index in [1.165, 1.54) is 0 Å². The van der Waals surface area contributed by atoms with Crippen LogP contribution in [0, 0.1) is 0 Å². The summed E-state index contributed by atoms with van der Waals surface area (Å²) in [4.78, 5) is 0. The van der Waals surface area contributed by atoms with Crippen LogP contribution in [0.1, 0.15) is 6.42 Å². The van der Waals surface area contributed by atoms with Crippen LogP contribution in [0.3, 0.4) is 0 Å². The van der Waals surface area contributed by atoms with Crippen molar-refractivity contribution in [2.75, 3.05) is 26.1 Å². The fraction of sp³-hybridized carbons (Fsp3) is 0.357. The van der Waals surface area contributed by atoms with Gasteiger partial charge in [-0.05, 0) is 12.1 Å². The number of hydrogen-bond donors (Lipinski definition) is 1. The zero-order valence-electron chi connectivity index (χ0n) is 11.5. The van der Waals surface area contributed by atoms with Crippen molar-refractivity contribution in [2.45, 2.75) is 6.42 Å². The largest absolute Gasteiger partial charge is 0.492 e. The molecule has 0 atom stereocenters. The number of fused-ring (bicyclic) bond motifs is 1. The summed E-state index contributed by atoms with van der Waals surface area (Å²) in [7, 11) is 3.41. The third kappa shape index (κ3) is 1.93. The predicted molar refractivity (Wildman–Crippen MR) is 75.2 cm³/mol. The van der Waals surface area contributed by atoms with Crippen molar-refractivity contribution in [2.24, 2.45) is 7.05 Å². The second-order valence-corrected chi connectivity index (χ2v) is 4.59. The van der Waals surface area contributed by atoms with Crippen molar-refractivity contribution < 1.29 is 14.2 Å². The van der Waals surface area contributed by atoms with Gasteiger partial charge in [-0.15, -0.1) is 0 Å². The molecule has 2 aromatic rings. The Kier molecular flexibility index (Phi) is 3.14. The second kappa shape index (κ2) is 4.96. The number of benzene rings is 1. The van der Waals surface area contributed by atoms with Crippen LogP contribution in [0.2, 0.25) is 0 Å². The quantitative estimate of drug-likeness (QED) is 0.905. The summed E-state index contributed by atoms with van der Waals surface area (Å²) < 4.78 is 18.6. The van der Waals surface area contributed by atoms with Crippen molar-refractivity contribution in [3.63, 3.8) is 0 Å². The first-order chi connectivity index (χ1) is 9.72. The van der Waals surface area contributed by atoms with E-state index >= 15 is 0 Å². The monoisotopic (exact) mass is 275 g/mol. The Morgan fingerprint density at radius 1 is 1.25 bits per heavy atom. The summed E-state index contributed by atoms with van der Waals surface area (Å²) in [5.41, 5.74) is 7.71. The average molecular weight is 275 g/mol. The number of anilines is 1. The van der Waals surface area contributed by atoms with Crippen molar-refractivity contribution in [3.05, 3.63) is 18.3 Å². The molecule has 106 valence electrons. The van der Waals surface area contributed by atoms with E-state index in [9.17, 15) is 0 Å². The van der Waals surface area contributed by atoms with Crippen LogP contribution in [-0.2, 0) is 7.05 Å². The van der Waals surface area contributed by atoms with Crippen LogP contribution >= 0.6 is 0 Å². The van der Waals surface area contributed by atoms with Crippen molar-refractivity contribution in [3.8, 4) is 28.4 Å². The zero-order valence-corrected chi connectivity index (χ0v) is 11.5. The van der Waals surface area contributed by atoms with Gasteiger partial charge in [-0.1, -0.05) is 0 Å². The standard InChI is InChI=1S/C14H17N3O3/c1-17-14(15)10(8-16-17)9-4-5-11-13(12(9)18-2)20-7-3-6-19-11/h4-5,8H,3,6-7,15H2,1-2H3. The normalized spacial score (nSPS) is 13.9. The Morgan fingerprint density at radius 2 is 2.05 bits per heavy atom. The predicted octanol–water partition coefficient (Wildman–Crippen LogP) is 1.84. The number of rotatable bonds is 2. The molecule has 3 rings (SSSR count). The summed E-state index contributed by atoms with van der Waals surface area (Å²) in [5, 5.41) is 4.16. The molecule has 0 bridgehead atoms. The first kappa shape index (κ1) is 12.7. The molecule has 1 aliphatic heterocycles. The summed E-state index contributed by atoms with van der Waals surface area (Å²) in [6, 6.07) is 3.80. The lowest BCUT2D eigenvalue weighted by Crippen LogP contribution is -2.00. The van der Waals surface area contributed by atoms with Crippen molar-refractivity contribution >= 4 is 5.82 Å². The topological polar surface area (TPSA) is 71.5 Å². The van der Waals surface area contributed by atoms with Crippen LogP contribution < -0.4 is 19.9 Å². The molecule has 1 aromatic heterocycles. The summed E-state index contributed by atoms with van der Waals surface area (Å²) in [6.45, 7) is 1.25. The zero-order chi connectivity index (χ0) is 14.1. The Bertz CT molecular complexity index is 637. The Hall–Kier alpha value is -2.37. The van der Waals surface area contributed by atoms with Crippen LogP contribution in [0.15, 0.2) is 18.3 Å². The summed E-state index contributed by atoms with van der Waals surface area (Å²) in [5.74, 6) is 2.54. The smallest absolute Gasteiger partial charge is 0.204 e. The fourth-order valence-corrected chi connectivity index (χ4v) is 2.28. The molecule has 20 heavy (non-hydrogen) atoms. The molecular weight excluding hydrogens is 258 g/mol. The minimum absolute atomic E-state index is 0.581. The molecular formula is C14H17N3O3. The van der Waals surface area contributed by atoms with Gasteiger partial charge in [-0.2, -0.15) is 5.10 Å². The van der Waals surface area contributed by atoms with E-state index in [1.54, 1.807) is 25.0 Å². The number of nitrogen functional groups attached to an aromatic ring is 1. The molecule has 0 unspecified atom stereocenters. The molecule has 0 fully saturated rings. The third-order valence-electron chi connectivity index (χ3n) is 3.35. The van der Waals surface area contributed by atoms with Gasteiger partial charge in [0.15, 0.2) is 11.5 Å². The minimum Gasteiger partial charge on any atom is -0.492 e. The van der Waals surface area contributed by atoms with E-state index < -0.39 is 0 Å². The number of aromatic nitrogens is 2. The van der Waals surface area contributed by atoms with Crippen LogP contribution in [-0.4, -0.2) is 30.1 Å². The molecule has 6 heteroatoms. The van der Waals surface area contributed by atoms with E-state index in [-0.39, 0.29) is 0 Å². The molecule has 0 saturated heterocycles. The van der Waals surface area contributed by atoms with Gasteiger partial charge in [0.05, 0.1) is 26.5 Å². The SMILES string of the molecule is COc1c(-c2cnn(C)c2N)ccc2c1OCCCO2.